The van der Waals surface area contributed by atoms with Crippen LogP contribution in [0, 0.1) is 5.92 Å². The van der Waals surface area contributed by atoms with E-state index in [0.29, 0.717) is 0 Å². The van der Waals surface area contributed by atoms with Gasteiger partial charge in [-0.05, 0) is 37.2 Å². The largest absolute Gasteiger partial charge is 0.302 e. The van der Waals surface area contributed by atoms with E-state index in [0.717, 1.165) is 24.7 Å². The fourth-order valence-electron chi connectivity index (χ4n) is 2.78. The number of benzene rings is 1. The van der Waals surface area contributed by atoms with Gasteiger partial charge in [0.2, 0.25) is 0 Å². The Labute approximate surface area is 119 Å². The topological polar surface area (TPSA) is 42.7 Å². The first-order valence-electron chi connectivity index (χ1n) is 7.54. The number of nitrogens with zero attached hydrogens (tertiary/aromatic N) is 3. The summed E-state index contributed by atoms with van der Waals surface area (Å²) >= 11 is 0. The summed E-state index contributed by atoms with van der Waals surface area (Å²) in [5, 5.41) is 12.2. The average molecular weight is 268 g/mol. The van der Waals surface area contributed by atoms with Gasteiger partial charge in [-0.25, -0.2) is 0 Å². The summed E-state index contributed by atoms with van der Waals surface area (Å²) in [6.45, 7) is 1.84. The third kappa shape index (κ3) is 2.48. The van der Waals surface area contributed by atoms with Crippen LogP contribution in [0.5, 0.6) is 0 Å². The number of hydrogen-bond acceptors (Lipinski definition) is 3. The van der Waals surface area contributed by atoms with Crippen molar-refractivity contribution >= 4 is 0 Å². The smallest absolute Gasteiger partial charge is 0.0965 e. The molecule has 104 valence electrons. The summed E-state index contributed by atoms with van der Waals surface area (Å²) in [5.74, 6) is 0.844. The third-order valence-corrected chi connectivity index (χ3v) is 4.41. The lowest BCUT2D eigenvalue weighted by molar-refractivity contribution is 0.513. The van der Waals surface area contributed by atoms with Crippen molar-refractivity contribution in [1.82, 2.24) is 20.3 Å². The van der Waals surface area contributed by atoms with Crippen molar-refractivity contribution in [3.8, 4) is 0 Å². The highest BCUT2D eigenvalue weighted by Crippen LogP contribution is 2.45. The van der Waals surface area contributed by atoms with Gasteiger partial charge in [0.1, 0.15) is 0 Å². The zero-order chi connectivity index (χ0) is 13.4. The SMILES string of the molecule is c1ccc(C2(NCc3cn(CC4CC4)nn3)CC2)cc1. The van der Waals surface area contributed by atoms with E-state index < -0.39 is 0 Å². The average Bonchev–Trinajstić information content (AvgIpc) is 3.39. The third-order valence-electron chi connectivity index (χ3n) is 4.41. The molecule has 0 radical (unpaired) electrons. The van der Waals surface area contributed by atoms with E-state index in [9.17, 15) is 0 Å². The Kier molecular flexibility index (Phi) is 2.84. The van der Waals surface area contributed by atoms with Crippen molar-refractivity contribution < 1.29 is 0 Å². The van der Waals surface area contributed by atoms with Gasteiger partial charge < -0.3 is 5.32 Å². The van der Waals surface area contributed by atoms with Crippen LogP contribution in [-0.2, 0) is 18.6 Å². The van der Waals surface area contributed by atoms with E-state index in [1.54, 1.807) is 0 Å². The molecule has 1 aromatic heterocycles. The molecule has 1 heterocycles. The van der Waals surface area contributed by atoms with Crippen LogP contribution in [0.2, 0.25) is 0 Å². The maximum atomic E-state index is 4.27. The van der Waals surface area contributed by atoms with E-state index in [-0.39, 0.29) is 5.54 Å². The summed E-state index contributed by atoms with van der Waals surface area (Å²) in [5.41, 5.74) is 2.62. The van der Waals surface area contributed by atoms with E-state index in [1.807, 2.05) is 4.68 Å². The van der Waals surface area contributed by atoms with Gasteiger partial charge in [-0.2, -0.15) is 0 Å². The maximum Gasteiger partial charge on any atom is 0.0965 e. The highest BCUT2D eigenvalue weighted by molar-refractivity contribution is 5.29. The Bertz CT molecular complexity index is 582. The summed E-state index contributed by atoms with van der Waals surface area (Å²) in [6, 6.07) is 10.7. The van der Waals surface area contributed by atoms with Gasteiger partial charge in [0.25, 0.3) is 0 Å². The predicted molar refractivity (Wildman–Crippen MR) is 76.9 cm³/mol. The summed E-state index contributed by atoms with van der Waals surface area (Å²) < 4.78 is 2.00. The van der Waals surface area contributed by atoms with Crippen molar-refractivity contribution in [3.63, 3.8) is 0 Å². The van der Waals surface area contributed by atoms with Gasteiger partial charge in [-0.1, -0.05) is 35.5 Å². The molecule has 4 rings (SSSR count). The quantitative estimate of drug-likeness (QED) is 0.875. The van der Waals surface area contributed by atoms with Crippen molar-refractivity contribution in [2.24, 2.45) is 5.92 Å². The van der Waals surface area contributed by atoms with Crippen molar-refractivity contribution in [1.29, 1.82) is 0 Å². The van der Waals surface area contributed by atoms with Crippen LogP contribution < -0.4 is 5.32 Å². The molecule has 20 heavy (non-hydrogen) atoms. The molecule has 2 aliphatic carbocycles. The highest BCUT2D eigenvalue weighted by Gasteiger charge is 2.43. The van der Waals surface area contributed by atoms with Crippen molar-refractivity contribution in [2.45, 2.75) is 44.3 Å². The molecule has 1 aromatic carbocycles. The number of hydrogen-bond donors (Lipinski definition) is 1. The maximum absolute atomic E-state index is 4.27. The summed E-state index contributed by atoms with van der Waals surface area (Å²) in [7, 11) is 0. The zero-order valence-corrected chi connectivity index (χ0v) is 11.6. The first-order chi connectivity index (χ1) is 9.84. The molecule has 0 amide bonds. The molecular weight excluding hydrogens is 248 g/mol. The Morgan fingerprint density at radius 3 is 2.70 bits per heavy atom. The normalized spacial score (nSPS) is 20.0. The fourth-order valence-corrected chi connectivity index (χ4v) is 2.78. The molecule has 4 heteroatoms. The molecule has 0 aliphatic heterocycles. The zero-order valence-electron chi connectivity index (χ0n) is 11.6. The molecule has 4 nitrogen and oxygen atoms in total. The number of nitrogens with one attached hydrogen (secondary N) is 1. The second-order valence-electron chi connectivity index (χ2n) is 6.18. The Morgan fingerprint density at radius 1 is 1.20 bits per heavy atom. The minimum absolute atomic E-state index is 0.182. The van der Waals surface area contributed by atoms with Crippen molar-refractivity contribution in [2.75, 3.05) is 0 Å². The molecule has 2 fully saturated rings. The van der Waals surface area contributed by atoms with Crippen LogP contribution in [0.3, 0.4) is 0 Å². The number of aromatic nitrogens is 3. The predicted octanol–water partition coefficient (Wildman–Crippen LogP) is 2.47. The van der Waals surface area contributed by atoms with Crippen LogP contribution in [0.15, 0.2) is 36.5 Å². The van der Waals surface area contributed by atoms with Crippen LogP contribution in [0.25, 0.3) is 0 Å². The molecule has 2 aliphatic rings. The lowest BCUT2D eigenvalue weighted by atomic mass is 10.1. The van der Waals surface area contributed by atoms with Gasteiger partial charge >= 0.3 is 0 Å². The number of rotatable bonds is 6. The molecular formula is C16H20N4. The molecule has 2 saturated carbocycles. The second kappa shape index (κ2) is 4.70. The fraction of sp³-hybridized carbons (Fsp3) is 0.500. The Balaban J connectivity index is 1.39. The molecule has 0 saturated heterocycles. The van der Waals surface area contributed by atoms with Gasteiger partial charge in [0.15, 0.2) is 0 Å². The van der Waals surface area contributed by atoms with E-state index in [2.05, 4.69) is 52.2 Å². The van der Waals surface area contributed by atoms with Crippen molar-refractivity contribution in [3.05, 3.63) is 47.8 Å². The van der Waals surface area contributed by atoms with Gasteiger partial charge in [-0.15, -0.1) is 5.10 Å². The van der Waals surface area contributed by atoms with Crippen LogP contribution in [0.4, 0.5) is 0 Å². The highest BCUT2D eigenvalue weighted by atomic mass is 15.4. The van der Waals surface area contributed by atoms with E-state index in [4.69, 9.17) is 0 Å². The van der Waals surface area contributed by atoms with E-state index >= 15 is 0 Å². The minimum atomic E-state index is 0.182. The van der Waals surface area contributed by atoms with Gasteiger partial charge in [-0.3, -0.25) is 4.68 Å². The summed E-state index contributed by atoms with van der Waals surface area (Å²) in [4.78, 5) is 0. The molecule has 0 spiro atoms. The molecule has 1 N–H and O–H groups in total. The van der Waals surface area contributed by atoms with Gasteiger partial charge in [0, 0.05) is 24.8 Å². The van der Waals surface area contributed by atoms with Crippen LogP contribution in [-0.4, -0.2) is 15.0 Å². The van der Waals surface area contributed by atoms with Crippen LogP contribution >= 0.6 is 0 Å². The minimum Gasteiger partial charge on any atom is -0.302 e. The monoisotopic (exact) mass is 268 g/mol. The van der Waals surface area contributed by atoms with Gasteiger partial charge in [0.05, 0.1) is 5.69 Å². The van der Waals surface area contributed by atoms with Crippen LogP contribution in [0.1, 0.15) is 36.9 Å². The molecule has 2 aromatic rings. The lowest BCUT2D eigenvalue weighted by Gasteiger charge is -2.16. The van der Waals surface area contributed by atoms with E-state index in [1.165, 1.54) is 31.2 Å². The lowest BCUT2D eigenvalue weighted by Crippen LogP contribution is -2.28. The first-order valence-corrected chi connectivity index (χ1v) is 7.54. The summed E-state index contributed by atoms with van der Waals surface area (Å²) in [6.07, 6.45) is 7.22. The Morgan fingerprint density at radius 2 is 2.00 bits per heavy atom. The molecule has 0 unspecified atom stereocenters. The Hall–Kier alpha value is -1.68. The molecule has 0 atom stereocenters. The first kappa shape index (κ1) is 12.1. The second-order valence-corrected chi connectivity index (χ2v) is 6.18. The standard InChI is InChI=1S/C16H20N4/c1-2-4-14(5-3-1)16(8-9-16)17-10-15-12-20(19-18-15)11-13-6-7-13/h1-5,12-13,17H,6-11H2. The molecule has 0 bridgehead atoms.